The van der Waals surface area contributed by atoms with E-state index in [1.54, 1.807) is 7.05 Å². The van der Waals surface area contributed by atoms with Crippen LogP contribution in [0, 0.1) is 10.8 Å². The van der Waals surface area contributed by atoms with Crippen LogP contribution in [0.4, 0.5) is 0 Å². The molecule has 0 saturated carbocycles. The van der Waals surface area contributed by atoms with E-state index in [4.69, 9.17) is 0 Å². The Labute approximate surface area is 88.7 Å². The summed E-state index contributed by atoms with van der Waals surface area (Å²) in [5.41, 5.74) is 0.370. The second kappa shape index (κ2) is 3.51. The Balaban J connectivity index is 3.06. The first kappa shape index (κ1) is 12.0. The zero-order chi connectivity index (χ0) is 11.0. The highest BCUT2D eigenvalue weighted by molar-refractivity contribution is 7.93. The van der Waals surface area contributed by atoms with Crippen LogP contribution in [0.5, 0.6) is 0 Å². The van der Waals surface area contributed by atoms with Gasteiger partial charge < -0.3 is 0 Å². The molecule has 2 nitrogen and oxygen atoms in total. The molecule has 0 amide bonds. The molecule has 0 atom stereocenters. The van der Waals surface area contributed by atoms with E-state index in [1.807, 2.05) is 0 Å². The third-order valence-corrected chi connectivity index (χ3v) is 6.17. The molecule has 1 aliphatic rings. The summed E-state index contributed by atoms with van der Waals surface area (Å²) in [7, 11) is -0.247. The van der Waals surface area contributed by atoms with Gasteiger partial charge in [0, 0.05) is 28.3 Å². The van der Waals surface area contributed by atoms with E-state index < -0.39 is 9.73 Å². The molecule has 1 heterocycles. The van der Waals surface area contributed by atoms with Gasteiger partial charge in [-0.3, -0.25) is 0 Å². The Morgan fingerprint density at radius 3 is 1.64 bits per heavy atom. The van der Waals surface area contributed by atoms with E-state index in [2.05, 4.69) is 32.1 Å². The SMILES string of the molecule is CN=S1(=O)CC(C)(C)CCC(C)(C)C1. The fraction of sp³-hybridized carbons (Fsp3) is 1.00. The number of hydrogen-bond donors (Lipinski definition) is 0. The molecule has 84 valence electrons. The number of hydrogen-bond acceptors (Lipinski definition) is 2. The maximum Gasteiger partial charge on any atom is 0.0475 e. The van der Waals surface area contributed by atoms with Gasteiger partial charge in [0.15, 0.2) is 0 Å². The van der Waals surface area contributed by atoms with E-state index in [9.17, 15) is 4.21 Å². The maximum atomic E-state index is 12.5. The number of nitrogens with zero attached hydrogens (tertiary/aromatic N) is 1. The summed E-state index contributed by atoms with van der Waals surface area (Å²) >= 11 is 0. The highest BCUT2D eigenvalue weighted by atomic mass is 32.2. The molecule has 0 bridgehead atoms. The molecule has 1 fully saturated rings. The number of rotatable bonds is 0. The maximum absolute atomic E-state index is 12.5. The van der Waals surface area contributed by atoms with Crippen LogP contribution in [0.15, 0.2) is 4.36 Å². The van der Waals surface area contributed by atoms with Crippen LogP contribution in [0.3, 0.4) is 0 Å². The van der Waals surface area contributed by atoms with Gasteiger partial charge in [0.05, 0.1) is 0 Å². The predicted octanol–water partition coefficient (Wildman–Crippen LogP) is 2.93. The van der Waals surface area contributed by atoms with Crippen LogP contribution in [0.1, 0.15) is 40.5 Å². The lowest BCUT2D eigenvalue weighted by molar-refractivity contribution is 0.295. The largest absolute Gasteiger partial charge is 0.250 e. The van der Waals surface area contributed by atoms with Crippen molar-refractivity contribution in [1.82, 2.24) is 0 Å². The van der Waals surface area contributed by atoms with Crippen LogP contribution in [0.25, 0.3) is 0 Å². The Kier molecular flexibility index (Phi) is 3.01. The highest BCUT2D eigenvalue weighted by Gasteiger charge is 2.35. The lowest BCUT2D eigenvalue weighted by Crippen LogP contribution is -2.25. The molecule has 0 aromatic heterocycles. The Bertz CT molecular complexity index is 298. The van der Waals surface area contributed by atoms with Crippen LogP contribution in [-0.2, 0) is 9.73 Å². The fourth-order valence-corrected chi connectivity index (χ4v) is 5.31. The summed E-state index contributed by atoms with van der Waals surface area (Å²) in [5, 5.41) is 0. The molecule has 1 saturated heterocycles. The molecule has 0 aromatic rings. The molecule has 0 aliphatic carbocycles. The van der Waals surface area contributed by atoms with Crippen LogP contribution in [0.2, 0.25) is 0 Å². The lowest BCUT2D eigenvalue weighted by Gasteiger charge is -2.23. The Morgan fingerprint density at radius 2 is 1.36 bits per heavy atom. The molecular weight excluding hydrogens is 194 g/mol. The molecule has 0 unspecified atom stereocenters. The first-order valence-corrected chi connectivity index (χ1v) is 7.14. The second-order valence-corrected chi connectivity index (χ2v) is 8.56. The van der Waals surface area contributed by atoms with Crippen molar-refractivity contribution < 1.29 is 4.21 Å². The second-order valence-electron chi connectivity index (χ2n) is 6.07. The Morgan fingerprint density at radius 1 is 1.00 bits per heavy atom. The Hall–Kier alpha value is -0.0500. The van der Waals surface area contributed by atoms with Crippen molar-refractivity contribution in [3.8, 4) is 0 Å². The summed E-state index contributed by atoms with van der Waals surface area (Å²) in [6, 6.07) is 0. The van der Waals surface area contributed by atoms with Gasteiger partial charge in [-0.2, -0.15) is 0 Å². The minimum atomic E-state index is -1.95. The molecule has 1 aliphatic heterocycles. The minimum absolute atomic E-state index is 0.185. The van der Waals surface area contributed by atoms with Crippen LogP contribution in [-0.4, -0.2) is 22.8 Å². The van der Waals surface area contributed by atoms with Crippen LogP contribution < -0.4 is 0 Å². The van der Waals surface area contributed by atoms with Crippen molar-refractivity contribution in [2.45, 2.75) is 40.5 Å². The smallest absolute Gasteiger partial charge is 0.0475 e. The molecule has 0 radical (unpaired) electrons. The molecule has 0 N–H and O–H groups in total. The summed E-state index contributed by atoms with van der Waals surface area (Å²) in [6.07, 6.45) is 2.32. The van der Waals surface area contributed by atoms with Gasteiger partial charge >= 0.3 is 0 Å². The first-order valence-electron chi connectivity index (χ1n) is 5.29. The summed E-state index contributed by atoms with van der Waals surface area (Å²) in [5.74, 6) is 1.53. The molecule has 3 heteroatoms. The van der Waals surface area contributed by atoms with Gasteiger partial charge in [0.1, 0.15) is 0 Å². The minimum Gasteiger partial charge on any atom is -0.250 e. The highest BCUT2D eigenvalue weighted by Crippen LogP contribution is 2.38. The van der Waals surface area contributed by atoms with Crippen molar-refractivity contribution in [3.63, 3.8) is 0 Å². The first-order chi connectivity index (χ1) is 6.18. The van der Waals surface area contributed by atoms with E-state index in [1.165, 1.54) is 0 Å². The van der Waals surface area contributed by atoms with Crippen molar-refractivity contribution in [1.29, 1.82) is 0 Å². The summed E-state index contributed by atoms with van der Waals surface area (Å²) < 4.78 is 16.6. The van der Waals surface area contributed by atoms with Crippen molar-refractivity contribution in [2.24, 2.45) is 15.2 Å². The van der Waals surface area contributed by atoms with Crippen LogP contribution >= 0.6 is 0 Å². The quantitative estimate of drug-likeness (QED) is 0.613. The average molecular weight is 217 g/mol. The molecular formula is C11H23NOS. The van der Waals surface area contributed by atoms with Gasteiger partial charge in [-0.1, -0.05) is 27.7 Å². The van der Waals surface area contributed by atoms with Crippen molar-refractivity contribution >= 4 is 9.73 Å². The lowest BCUT2D eigenvalue weighted by atomic mass is 9.81. The third kappa shape index (κ3) is 2.97. The average Bonchev–Trinajstić information content (AvgIpc) is 2.06. The zero-order valence-corrected chi connectivity index (χ0v) is 10.9. The molecule has 1 rings (SSSR count). The summed E-state index contributed by atoms with van der Waals surface area (Å²) in [6.45, 7) is 8.83. The van der Waals surface area contributed by atoms with E-state index in [0.29, 0.717) is 0 Å². The van der Waals surface area contributed by atoms with E-state index in [-0.39, 0.29) is 10.8 Å². The normalized spacial score (nSPS) is 29.2. The molecule has 0 spiro atoms. The standard InChI is InChI=1S/C11H23NOS/c1-10(2)6-7-11(3,4)9-14(13,8-10)12-5/h6-9H2,1-5H3. The van der Waals surface area contributed by atoms with Gasteiger partial charge in [-0.15, -0.1) is 0 Å². The fourth-order valence-electron chi connectivity index (χ4n) is 2.22. The van der Waals surface area contributed by atoms with Gasteiger partial charge in [0.2, 0.25) is 0 Å². The van der Waals surface area contributed by atoms with E-state index >= 15 is 0 Å². The molecule has 0 aromatic carbocycles. The third-order valence-electron chi connectivity index (χ3n) is 3.04. The molecule has 14 heavy (non-hydrogen) atoms. The topological polar surface area (TPSA) is 29.4 Å². The van der Waals surface area contributed by atoms with Gasteiger partial charge in [-0.05, 0) is 23.7 Å². The monoisotopic (exact) mass is 217 g/mol. The summed E-state index contributed by atoms with van der Waals surface area (Å²) in [4.78, 5) is 0. The predicted molar refractivity (Wildman–Crippen MR) is 63.0 cm³/mol. The van der Waals surface area contributed by atoms with Crippen molar-refractivity contribution in [3.05, 3.63) is 0 Å². The zero-order valence-electron chi connectivity index (χ0n) is 10.1. The van der Waals surface area contributed by atoms with Gasteiger partial charge in [0.25, 0.3) is 0 Å². The van der Waals surface area contributed by atoms with Crippen molar-refractivity contribution in [2.75, 3.05) is 18.6 Å². The van der Waals surface area contributed by atoms with E-state index in [0.717, 1.165) is 24.3 Å². The van der Waals surface area contributed by atoms with Gasteiger partial charge in [-0.25, -0.2) is 8.57 Å².